The number of likely N-dealkylation sites (N-methyl/N-ethyl adjacent to an activating group) is 1. The van der Waals surface area contributed by atoms with Crippen LogP contribution in [0.2, 0.25) is 5.02 Å². The van der Waals surface area contributed by atoms with Gasteiger partial charge in [-0.15, -0.1) is 0 Å². The van der Waals surface area contributed by atoms with Crippen LogP contribution in [0.1, 0.15) is 13.3 Å². The Morgan fingerprint density at radius 2 is 1.87 bits per heavy atom. The van der Waals surface area contributed by atoms with Crippen LogP contribution in [0.25, 0.3) is 10.9 Å². The van der Waals surface area contributed by atoms with Gasteiger partial charge in [0.1, 0.15) is 0 Å². The van der Waals surface area contributed by atoms with Crippen LogP contribution in [0.4, 0.5) is 5.69 Å². The molecule has 3 rings (SSSR count). The van der Waals surface area contributed by atoms with E-state index in [9.17, 15) is 13.2 Å². The molecule has 0 fully saturated rings. The predicted molar refractivity (Wildman–Crippen MR) is 124 cm³/mol. The highest BCUT2D eigenvalue weighted by atomic mass is 35.5. The first-order valence-corrected chi connectivity index (χ1v) is 11.8. The Labute approximate surface area is 187 Å². The van der Waals surface area contributed by atoms with Crippen LogP contribution in [0.3, 0.4) is 0 Å². The van der Waals surface area contributed by atoms with E-state index >= 15 is 0 Å². The number of nitrogens with zero attached hydrogens (tertiary/aromatic N) is 2. The zero-order valence-corrected chi connectivity index (χ0v) is 18.8. The Hall–Kier alpha value is -2.68. The van der Waals surface area contributed by atoms with E-state index in [-0.39, 0.29) is 23.9 Å². The van der Waals surface area contributed by atoms with Gasteiger partial charge in [-0.1, -0.05) is 36.7 Å². The average molecular weight is 461 g/mol. The molecule has 0 atom stereocenters. The van der Waals surface area contributed by atoms with Gasteiger partial charge in [0.05, 0.1) is 17.0 Å². The zero-order chi connectivity index (χ0) is 22.3. The molecule has 3 aromatic rings. The third kappa shape index (κ3) is 5.94. The van der Waals surface area contributed by atoms with E-state index < -0.39 is 10.0 Å². The fraction of sp³-hybridized carbons (Fsp3) is 0.273. The summed E-state index contributed by atoms with van der Waals surface area (Å²) in [6.07, 6.45) is 2.40. The number of fused-ring (bicyclic) bond motifs is 1. The minimum atomic E-state index is -3.70. The Morgan fingerprint density at radius 3 is 2.61 bits per heavy atom. The molecule has 0 unspecified atom stereocenters. The highest BCUT2D eigenvalue weighted by Gasteiger charge is 2.24. The minimum Gasteiger partial charge on any atom is -0.384 e. The van der Waals surface area contributed by atoms with Gasteiger partial charge >= 0.3 is 0 Å². The third-order valence-corrected chi connectivity index (χ3v) is 6.92. The first-order chi connectivity index (χ1) is 14.9. The molecule has 2 aromatic carbocycles. The van der Waals surface area contributed by atoms with Crippen LogP contribution in [-0.4, -0.2) is 49.8 Å². The maximum Gasteiger partial charge on any atom is 0.243 e. The number of anilines is 1. The van der Waals surface area contributed by atoms with Gasteiger partial charge in [0.15, 0.2) is 0 Å². The summed E-state index contributed by atoms with van der Waals surface area (Å²) in [5, 5.41) is 7.73. The van der Waals surface area contributed by atoms with Gasteiger partial charge in [-0.25, -0.2) is 8.42 Å². The summed E-state index contributed by atoms with van der Waals surface area (Å²) in [5.74, 6) is -0.328. The molecule has 9 heteroatoms. The number of carbonyl (C=O) groups excluding carboxylic acids is 1. The van der Waals surface area contributed by atoms with E-state index in [4.69, 9.17) is 11.6 Å². The second kappa shape index (κ2) is 10.6. The van der Waals surface area contributed by atoms with Crippen LogP contribution >= 0.6 is 11.6 Å². The van der Waals surface area contributed by atoms with Crippen molar-refractivity contribution in [2.45, 2.75) is 18.2 Å². The molecule has 0 bridgehead atoms. The normalized spacial score (nSPS) is 11.6. The topological polar surface area (TPSA) is 91.4 Å². The second-order valence-electron chi connectivity index (χ2n) is 6.89. The number of aromatic nitrogens is 1. The van der Waals surface area contributed by atoms with Gasteiger partial charge in [0.25, 0.3) is 0 Å². The standard InChI is InChI=1S/C22H25ClN4O3S/c1-2-27(31(29,30)18-7-4-3-5-8-18)16-22(28)26-13-6-12-24-20-11-14-25-21-15-17(23)9-10-19(20)21/h3-5,7-11,14-15H,2,6,12-13,16H2,1H3,(H,24,25)(H,26,28). The summed E-state index contributed by atoms with van der Waals surface area (Å²) in [4.78, 5) is 16.8. The van der Waals surface area contributed by atoms with Crippen molar-refractivity contribution in [1.29, 1.82) is 0 Å². The largest absolute Gasteiger partial charge is 0.384 e. The highest BCUT2D eigenvalue weighted by molar-refractivity contribution is 7.89. The molecule has 0 spiro atoms. The maximum absolute atomic E-state index is 12.7. The van der Waals surface area contributed by atoms with Crippen molar-refractivity contribution >= 4 is 44.1 Å². The SMILES string of the molecule is CCN(CC(=O)NCCCNc1ccnc2cc(Cl)ccc12)S(=O)(=O)c1ccccc1. The van der Waals surface area contributed by atoms with Crippen molar-refractivity contribution in [3.05, 3.63) is 65.8 Å². The Bertz CT molecular complexity index is 1140. The van der Waals surface area contributed by atoms with Crippen molar-refractivity contribution in [3.8, 4) is 0 Å². The first-order valence-electron chi connectivity index (χ1n) is 10.0. The number of pyridine rings is 1. The summed E-state index contributed by atoms with van der Waals surface area (Å²) >= 11 is 6.01. The van der Waals surface area contributed by atoms with Crippen molar-refractivity contribution in [2.24, 2.45) is 0 Å². The molecule has 0 saturated heterocycles. The van der Waals surface area contributed by atoms with Crippen LogP contribution in [-0.2, 0) is 14.8 Å². The van der Waals surface area contributed by atoms with Crippen molar-refractivity contribution in [2.75, 3.05) is 31.5 Å². The van der Waals surface area contributed by atoms with Gasteiger partial charge in [-0.3, -0.25) is 9.78 Å². The van der Waals surface area contributed by atoms with Gasteiger partial charge in [-0.2, -0.15) is 4.31 Å². The number of rotatable bonds is 10. The van der Waals surface area contributed by atoms with E-state index in [0.717, 1.165) is 16.6 Å². The molecule has 31 heavy (non-hydrogen) atoms. The molecule has 1 amide bonds. The number of hydrogen-bond acceptors (Lipinski definition) is 5. The lowest BCUT2D eigenvalue weighted by Crippen LogP contribution is -2.41. The zero-order valence-electron chi connectivity index (χ0n) is 17.2. The Balaban J connectivity index is 1.47. The molecule has 1 heterocycles. The van der Waals surface area contributed by atoms with E-state index in [1.165, 1.54) is 16.4 Å². The summed E-state index contributed by atoms with van der Waals surface area (Å²) < 4.78 is 26.5. The van der Waals surface area contributed by atoms with E-state index in [2.05, 4.69) is 15.6 Å². The highest BCUT2D eigenvalue weighted by Crippen LogP contribution is 2.24. The fourth-order valence-corrected chi connectivity index (χ4v) is 4.73. The van der Waals surface area contributed by atoms with Crippen LogP contribution < -0.4 is 10.6 Å². The lowest BCUT2D eigenvalue weighted by atomic mass is 10.2. The Kier molecular flexibility index (Phi) is 7.84. The van der Waals surface area contributed by atoms with Crippen molar-refractivity contribution < 1.29 is 13.2 Å². The number of hydrogen-bond donors (Lipinski definition) is 2. The molecule has 164 valence electrons. The molecule has 0 saturated carbocycles. The van der Waals surface area contributed by atoms with Gasteiger partial charge in [-0.05, 0) is 42.8 Å². The second-order valence-corrected chi connectivity index (χ2v) is 9.27. The molecular formula is C22H25ClN4O3S. The first kappa shape index (κ1) is 23.0. The molecule has 0 radical (unpaired) electrons. The summed E-state index contributed by atoms with van der Waals surface area (Å²) in [5.41, 5.74) is 1.75. The number of carbonyl (C=O) groups is 1. The van der Waals surface area contributed by atoms with E-state index in [1.807, 2.05) is 24.3 Å². The van der Waals surface area contributed by atoms with Crippen molar-refractivity contribution in [1.82, 2.24) is 14.6 Å². The van der Waals surface area contributed by atoms with Gasteiger partial charge < -0.3 is 10.6 Å². The average Bonchev–Trinajstić information content (AvgIpc) is 2.77. The van der Waals surface area contributed by atoms with Crippen LogP contribution in [0.15, 0.2) is 65.7 Å². The molecular weight excluding hydrogens is 436 g/mol. The molecule has 0 aliphatic heterocycles. The summed E-state index contributed by atoms with van der Waals surface area (Å²) in [7, 11) is -3.70. The molecule has 0 aliphatic rings. The van der Waals surface area contributed by atoms with E-state index in [1.54, 1.807) is 31.3 Å². The van der Waals surface area contributed by atoms with Crippen LogP contribution in [0, 0.1) is 0 Å². The third-order valence-electron chi connectivity index (χ3n) is 4.75. The number of benzene rings is 2. The Morgan fingerprint density at radius 1 is 1.10 bits per heavy atom. The monoisotopic (exact) mass is 460 g/mol. The molecule has 1 aromatic heterocycles. The van der Waals surface area contributed by atoms with Gasteiger partial charge in [0, 0.05) is 41.9 Å². The molecule has 7 nitrogen and oxygen atoms in total. The van der Waals surface area contributed by atoms with Crippen molar-refractivity contribution in [3.63, 3.8) is 0 Å². The lowest BCUT2D eigenvalue weighted by Gasteiger charge is -2.20. The maximum atomic E-state index is 12.7. The summed E-state index contributed by atoms with van der Waals surface area (Å²) in [6.45, 7) is 2.79. The summed E-state index contributed by atoms with van der Waals surface area (Å²) in [6, 6.07) is 15.6. The number of nitrogens with one attached hydrogen (secondary N) is 2. The number of amides is 1. The smallest absolute Gasteiger partial charge is 0.243 e. The lowest BCUT2D eigenvalue weighted by molar-refractivity contribution is -0.121. The quantitative estimate of drug-likeness (QED) is 0.452. The fourth-order valence-electron chi connectivity index (χ4n) is 3.14. The molecule has 2 N–H and O–H groups in total. The predicted octanol–water partition coefficient (Wildman–Crippen LogP) is 3.52. The van der Waals surface area contributed by atoms with Gasteiger partial charge in [0.2, 0.25) is 15.9 Å². The number of sulfonamides is 1. The number of halogens is 1. The van der Waals surface area contributed by atoms with E-state index in [0.29, 0.717) is 24.5 Å². The van der Waals surface area contributed by atoms with Crippen LogP contribution in [0.5, 0.6) is 0 Å². The minimum absolute atomic E-state index is 0.180. The molecule has 0 aliphatic carbocycles.